The van der Waals surface area contributed by atoms with Crippen LogP contribution >= 0.6 is 11.6 Å². The van der Waals surface area contributed by atoms with Crippen molar-refractivity contribution in [3.63, 3.8) is 0 Å². The van der Waals surface area contributed by atoms with Gasteiger partial charge in [-0.15, -0.1) is 0 Å². The molecule has 9 heteroatoms. The first-order valence-corrected chi connectivity index (χ1v) is 10.9. The van der Waals surface area contributed by atoms with Crippen LogP contribution in [0.5, 0.6) is 0 Å². The molecule has 0 bridgehead atoms. The summed E-state index contributed by atoms with van der Waals surface area (Å²) in [7, 11) is 0. The van der Waals surface area contributed by atoms with Crippen LogP contribution in [0, 0.1) is 11.2 Å². The summed E-state index contributed by atoms with van der Waals surface area (Å²) in [5.74, 6) is -3.35. The highest BCUT2D eigenvalue weighted by Gasteiger charge is 2.60. The van der Waals surface area contributed by atoms with Crippen molar-refractivity contribution >= 4 is 17.6 Å². The molecule has 0 unspecified atom stereocenters. The Labute approximate surface area is 195 Å². The number of hydrogen-bond donors (Lipinski definition) is 3. The number of aliphatic carboxylic acids is 1. The molecule has 0 aliphatic carbocycles. The maximum absolute atomic E-state index is 15.3. The van der Waals surface area contributed by atoms with Gasteiger partial charge in [0.05, 0.1) is 5.56 Å². The number of benzene rings is 2. The monoisotopic (exact) mass is 486 g/mol. The van der Waals surface area contributed by atoms with E-state index in [1.54, 1.807) is 0 Å². The number of carboxylic acids is 1. The Hall–Kier alpha value is -2.16. The van der Waals surface area contributed by atoms with Gasteiger partial charge < -0.3 is 16.2 Å². The molecule has 1 aliphatic rings. The van der Waals surface area contributed by atoms with E-state index in [-0.39, 0.29) is 28.1 Å². The topological polar surface area (TPSA) is 75.3 Å². The third-order valence-electron chi connectivity index (χ3n) is 6.34. The molecule has 1 heterocycles. The summed E-state index contributed by atoms with van der Waals surface area (Å²) in [5.41, 5.74) is 3.17. The van der Waals surface area contributed by atoms with E-state index in [1.807, 2.05) is 20.8 Å². The van der Waals surface area contributed by atoms with Crippen LogP contribution in [0.15, 0.2) is 42.5 Å². The van der Waals surface area contributed by atoms with Crippen LogP contribution in [0.1, 0.15) is 49.8 Å². The highest BCUT2D eigenvalue weighted by Crippen LogP contribution is 2.53. The van der Waals surface area contributed by atoms with Gasteiger partial charge in [0.25, 0.3) is 0 Å². The minimum Gasteiger partial charge on any atom is -0.480 e. The molecule has 0 spiro atoms. The van der Waals surface area contributed by atoms with Gasteiger partial charge in [0, 0.05) is 28.9 Å². The molecular formula is C24H27ClF4N2O2. The molecule has 1 aliphatic heterocycles. The molecule has 0 radical (unpaired) electrons. The van der Waals surface area contributed by atoms with Crippen LogP contribution in [0.4, 0.5) is 17.6 Å². The molecule has 1 saturated heterocycles. The number of halogens is 5. The van der Waals surface area contributed by atoms with Crippen molar-refractivity contribution in [1.29, 1.82) is 0 Å². The molecule has 2 aromatic carbocycles. The predicted octanol–water partition coefficient (Wildman–Crippen LogP) is 5.34. The van der Waals surface area contributed by atoms with Crippen molar-refractivity contribution in [2.45, 2.75) is 56.8 Å². The number of carboxylic acid groups (broad SMARTS) is 1. The second-order valence-corrected chi connectivity index (χ2v) is 10.2. The first kappa shape index (κ1) is 25.5. The third kappa shape index (κ3) is 4.74. The highest BCUT2D eigenvalue weighted by molar-refractivity contribution is 6.30. The second kappa shape index (κ2) is 8.89. The third-order valence-corrected chi connectivity index (χ3v) is 6.58. The van der Waals surface area contributed by atoms with Crippen molar-refractivity contribution in [3.05, 3.63) is 70.0 Å². The summed E-state index contributed by atoms with van der Waals surface area (Å²) < 4.78 is 57.3. The molecule has 3 rings (SSSR count). The Bertz CT molecular complexity index is 1040. The molecular weight excluding hydrogens is 460 g/mol. The normalized spacial score (nSPS) is 25.9. The molecule has 0 aromatic heterocycles. The Morgan fingerprint density at radius 2 is 1.82 bits per heavy atom. The maximum atomic E-state index is 15.3. The van der Waals surface area contributed by atoms with Gasteiger partial charge in [-0.25, -0.2) is 4.39 Å². The Kier molecular flexibility index (Phi) is 6.86. The first-order valence-electron chi connectivity index (χ1n) is 10.5. The Morgan fingerprint density at radius 1 is 1.18 bits per heavy atom. The SMILES string of the molecule is CC(C)(C)C[C@@H]1N[C@@H](C(=O)O)[C@@H](c2ccccc2C(F)(F)F)[C@@]1(CN)c1cc(Cl)ccc1F. The van der Waals surface area contributed by atoms with Crippen molar-refractivity contribution in [2.24, 2.45) is 11.1 Å². The minimum atomic E-state index is -4.74. The van der Waals surface area contributed by atoms with Gasteiger partial charge in [-0.2, -0.15) is 13.2 Å². The zero-order chi connectivity index (χ0) is 24.8. The van der Waals surface area contributed by atoms with Crippen LogP contribution in [0.2, 0.25) is 5.02 Å². The van der Waals surface area contributed by atoms with Crippen molar-refractivity contribution in [2.75, 3.05) is 6.54 Å². The molecule has 4 nitrogen and oxygen atoms in total. The van der Waals surface area contributed by atoms with Gasteiger partial charge in [0.2, 0.25) is 0 Å². The summed E-state index contributed by atoms with van der Waals surface area (Å²) in [4.78, 5) is 12.3. The van der Waals surface area contributed by atoms with E-state index >= 15 is 4.39 Å². The van der Waals surface area contributed by atoms with E-state index in [9.17, 15) is 23.1 Å². The van der Waals surface area contributed by atoms with Gasteiger partial charge >= 0.3 is 12.1 Å². The first-order chi connectivity index (χ1) is 15.2. The summed E-state index contributed by atoms with van der Waals surface area (Å²) in [6.45, 7) is 5.45. The van der Waals surface area contributed by atoms with E-state index < -0.39 is 46.9 Å². The smallest absolute Gasteiger partial charge is 0.416 e. The van der Waals surface area contributed by atoms with Crippen LogP contribution < -0.4 is 11.1 Å². The van der Waals surface area contributed by atoms with Gasteiger partial charge in [-0.3, -0.25) is 4.79 Å². The molecule has 0 saturated carbocycles. The molecule has 2 aromatic rings. The zero-order valence-electron chi connectivity index (χ0n) is 18.5. The summed E-state index contributed by atoms with van der Waals surface area (Å²) in [6.07, 6.45) is -4.40. The average molecular weight is 487 g/mol. The van der Waals surface area contributed by atoms with Crippen molar-refractivity contribution < 1.29 is 27.5 Å². The summed E-state index contributed by atoms with van der Waals surface area (Å²) in [5, 5.41) is 13.2. The van der Waals surface area contributed by atoms with Crippen LogP contribution in [-0.4, -0.2) is 29.7 Å². The van der Waals surface area contributed by atoms with Gasteiger partial charge in [0.1, 0.15) is 11.9 Å². The van der Waals surface area contributed by atoms with Crippen molar-refractivity contribution in [3.8, 4) is 0 Å². The largest absolute Gasteiger partial charge is 0.480 e. The fraction of sp³-hybridized carbons (Fsp3) is 0.458. The van der Waals surface area contributed by atoms with Crippen LogP contribution in [-0.2, 0) is 16.4 Å². The van der Waals surface area contributed by atoms with Crippen molar-refractivity contribution in [1.82, 2.24) is 5.32 Å². The van der Waals surface area contributed by atoms with Gasteiger partial charge in [-0.05, 0) is 47.2 Å². The lowest BCUT2D eigenvalue weighted by Gasteiger charge is -2.42. The van der Waals surface area contributed by atoms with Crippen LogP contribution in [0.3, 0.4) is 0 Å². The van der Waals surface area contributed by atoms with E-state index in [2.05, 4.69) is 5.32 Å². The molecule has 4 N–H and O–H groups in total. The number of nitrogens with one attached hydrogen (secondary N) is 1. The molecule has 33 heavy (non-hydrogen) atoms. The highest BCUT2D eigenvalue weighted by atomic mass is 35.5. The lowest BCUT2D eigenvalue weighted by atomic mass is 9.61. The van der Waals surface area contributed by atoms with E-state index in [4.69, 9.17) is 17.3 Å². The molecule has 4 atom stereocenters. The maximum Gasteiger partial charge on any atom is 0.416 e. The summed E-state index contributed by atoms with van der Waals surface area (Å²) >= 11 is 6.17. The lowest BCUT2D eigenvalue weighted by Crippen LogP contribution is -2.50. The number of carbonyl (C=O) groups is 1. The molecule has 180 valence electrons. The summed E-state index contributed by atoms with van der Waals surface area (Å²) in [6, 6.07) is 6.44. The Balaban J connectivity index is 2.41. The van der Waals surface area contributed by atoms with E-state index in [0.717, 1.165) is 12.1 Å². The lowest BCUT2D eigenvalue weighted by molar-refractivity contribution is -0.142. The van der Waals surface area contributed by atoms with E-state index in [0.29, 0.717) is 6.42 Å². The standard InChI is InChI=1S/C24H27ClF4N2O2/c1-22(2,3)11-18-23(12-30,16-10-13(25)8-9-17(16)26)19(20(31-18)21(32)33)14-6-4-5-7-15(14)24(27,28)29/h4-10,18-20,31H,11-12,30H2,1-3H3,(H,32,33)/t18-,19+,20+,23-/m0/s1. The predicted molar refractivity (Wildman–Crippen MR) is 119 cm³/mol. The van der Waals surface area contributed by atoms with Gasteiger partial charge in [0.15, 0.2) is 0 Å². The quantitative estimate of drug-likeness (QED) is 0.499. The fourth-order valence-electron chi connectivity index (χ4n) is 5.12. The fourth-order valence-corrected chi connectivity index (χ4v) is 5.29. The minimum absolute atomic E-state index is 0.00461. The molecule has 0 amide bonds. The number of alkyl halides is 3. The second-order valence-electron chi connectivity index (χ2n) is 9.73. The van der Waals surface area contributed by atoms with E-state index in [1.165, 1.54) is 30.3 Å². The van der Waals surface area contributed by atoms with Crippen LogP contribution in [0.25, 0.3) is 0 Å². The number of rotatable bonds is 5. The Morgan fingerprint density at radius 3 is 2.36 bits per heavy atom. The number of hydrogen-bond acceptors (Lipinski definition) is 3. The molecule has 1 fully saturated rings. The average Bonchev–Trinajstić information content (AvgIpc) is 3.02. The van der Waals surface area contributed by atoms with Gasteiger partial charge in [-0.1, -0.05) is 50.6 Å². The number of nitrogens with two attached hydrogens (primary N) is 1. The zero-order valence-corrected chi connectivity index (χ0v) is 19.3.